The molecule has 2 amide bonds. The molecular formula is C17H13BrN2O4S. The van der Waals surface area contributed by atoms with Crippen molar-refractivity contribution >= 4 is 43.5 Å². The lowest BCUT2D eigenvalue weighted by atomic mass is 10.1. The van der Waals surface area contributed by atoms with Crippen LogP contribution in [0.5, 0.6) is 0 Å². The molecule has 0 unspecified atom stereocenters. The molecule has 6 nitrogen and oxygen atoms in total. The van der Waals surface area contributed by atoms with Gasteiger partial charge in [-0.15, -0.1) is 0 Å². The Morgan fingerprint density at radius 2 is 1.80 bits per heavy atom. The fraction of sp³-hybridized carbons (Fsp3) is 0.176. The Bertz CT molecular complexity index is 998. The summed E-state index contributed by atoms with van der Waals surface area (Å²) in [5.74, 6) is -0.935. The molecule has 1 heterocycles. The Hall–Kier alpha value is -2.19. The van der Waals surface area contributed by atoms with E-state index in [0.717, 1.165) is 8.78 Å². The van der Waals surface area contributed by atoms with Crippen LogP contribution in [0.4, 0.5) is 5.69 Å². The molecule has 1 fully saturated rings. The number of carbonyl (C=O) groups excluding carboxylic acids is 2. The van der Waals surface area contributed by atoms with Crippen LogP contribution in [-0.2, 0) is 10.0 Å². The zero-order valence-corrected chi connectivity index (χ0v) is 15.3. The van der Waals surface area contributed by atoms with E-state index in [9.17, 15) is 18.0 Å². The van der Waals surface area contributed by atoms with Crippen LogP contribution in [0.2, 0.25) is 0 Å². The summed E-state index contributed by atoms with van der Waals surface area (Å²) < 4.78 is 27.1. The summed E-state index contributed by atoms with van der Waals surface area (Å²) >= 11 is 3.31. The second kappa shape index (κ2) is 5.67. The van der Waals surface area contributed by atoms with E-state index < -0.39 is 21.8 Å². The van der Waals surface area contributed by atoms with E-state index in [4.69, 9.17) is 0 Å². The Labute approximate surface area is 153 Å². The first-order valence-electron chi connectivity index (χ1n) is 7.67. The van der Waals surface area contributed by atoms with E-state index in [0.29, 0.717) is 18.5 Å². The second-order valence-corrected chi connectivity index (χ2v) is 8.71. The number of anilines is 1. The number of rotatable bonds is 3. The topological polar surface area (TPSA) is 83.6 Å². The third-order valence-electron chi connectivity index (χ3n) is 4.19. The van der Waals surface area contributed by atoms with Crippen LogP contribution in [0.25, 0.3) is 0 Å². The molecule has 1 N–H and O–H groups in total. The molecule has 0 atom stereocenters. The summed E-state index contributed by atoms with van der Waals surface area (Å²) in [5, 5.41) is 2.71. The Kier molecular flexibility index (Phi) is 3.69. The first-order chi connectivity index (χ1) is 11.9. The number of halogens is 1. The lowest BCUT2D eigenvalue weighted by Crippen LogP contribution is -2.31. The molecule has 1 aliphatic heterocycles. The third-order valence-corrected chi connectivity index (χ3v) is 6.60. The standard InChI is InChI=1S/C17H13BrN2O4S/c18-11-2-4-12(5-3-11)19-16(21)10-1-8-14-15(9-10)25(23,24)20(17(14)22)13-6-7-13/h1-5,8-9,13H,6-7H2,(H,19,21). The van der Waals surface area contributed by atoms with Crippen molar-refractivity contribution in [3.63, 3.8) is 0 Å². The minimum Gasteiger partial charge on any atom is -0.322 e. The molecule has 128 valence electrons. The highest BCUT2D eigenvalue weighted by atomic mass is 79.9. The number of carbonyl (C=O) groups is 2. The van der Waals surface area contributed by atoms with Crippen molar-refractivity contribution in [1.82, 2.24) is 4.31 Å². The largest absolute Gasteiger partial charge is 0.322 e. The number of hydrogen-bond acceptors (Lipinski definition) is 4. The zero-order valence-electron chi connectivity index (χ0n) is 12.9. The Morgan fingerprint density at radius 1 is 1.12 bits per heavy atom. The predicted octanol–water partition coefficient (Wildman–Crippen LogP) is 3.01. The van der Waals surface area contributed by atoms with Crippen molar-refractivity contribution in [2.24, 2.45) is 0 Å². The number of hydrogen-bond donors (Lipinski definition) is 1. The van der Waals surface area contributed by atoms with Crippen LogP contribution in [0.1, 0.15) is 33.6 Å². The molecule has 0 aromatic heterocycles. The van der Waals surface area contributed by atoms with E-state index in [-0.39, 0.29) is 22.1 Å². The van der Waals surface area contributed by atoms with Crippen LogP contribution in [0, 0.1) is 0 Å². The molecule has 8 heteroatoms. The highest BCUT2D eigenvalue weighted by molar-refractivity contribution is 9.10. The quantitative estimate of drug-likeness (QED) is 0.826. The molecule has 4 rings (SSSR count). The van der Waals surface area contributed by atoms with E-state index in [1.54, 1.807) is 24.3 Å². The maximum atomic E-state index is 12.6. The number of sulfonamides is 1. The molecule has 0 saturated heterocycles. The average molecular weight is 421 g/mol. The number of fused-ring (bicyclic) bond motifs is 1. The third kappa shape index (κ3) is 2.75. The van der Waals surface area contributed by atoms with Gasteiger partial charge in [0.05, 0.1) is 5.56 Å². The summed E-state index contributed by atoms with van der Waals surface area (Å²) in [4.78, 5) is 24.7. The SMILES string of the molecule is O=C(Nc1ccc(Br)cc1)c1ccc2c(c1)S(=O)(=O)N(C1CC1)C2=O. The predicted molar refractivity (Wildman–Crippen MR) is 94.9 cm³/mol. The smallest absolute Gasteiger partial charge is 0.269 e. The monoisotopic (exact) mass is 420 g/mol. The fourth-order valence-corrected chi connectivity index (χ4v) is 4.90. The van der Waals surface area contributed by atoms with Gasteiger partial charge < -0.3 is 5.32 Å². The van der Waals surface area contributed by atoms with Gasteiger partial charge in [0.25, 0.3) is 21.8 Å². The normalized spacial score (nSPS) is 18.1. The van der Waals surface area contributed by atoms with E-state index in [1.165, 1.54) is 18.2 Å². The zero-order chi connectivity index (χ0) is 17.8. The van der Waals surface area contributed by atoms with Gasteiger partial charge >= 0.3 is 0 Å². The van der Waals surface area contributed by atoms with Crippen molar-refractivity contribution < 1.29 is 18.0 Å². The Balaban J connectivity index is 1.66. The van der Waals surface area contributed by atoms with Crippen molar-refractivity contribution in [3.8, 4) is 0 Å². The highest BCUT2D eigenvalue weighted by Crippen LogP contribution is 2.39. The minimum atomic E-state index is -3.87. The number of nitrogens with zero attached hydrogens (tertiary/aromatic N) is 1. The molecule has 1 saturated carbocycles. The molecule has 0 spiro atoms. The molecule has 2 aromatic rings. The van der Waals surface area contributed by atoms with Crippen LogP contribution >= 0.6 is 15.9 Å². The van der Waals surface area contributed by atoms with Gasteiger partial charge in [0, 0.05) is 21.8 Å². The molecule has 2 aliphatic rings. The summed E-state index contributed by atoms with van der Waals surface area (Å²) in [7, 11) is -3.87. The van der Waals surface area contributed by atoms with Gasteiger partial charge in [-0.1, -0.05) is 15.9 Å². The number of amides is 2. The average Bonchev–Trinajstić information content (AvgIpc) is 3.38. The summed E-state index contributed by atoms with van der Waals surface area (Å²) in [6.07, 6.45) is 1.38. The summed E-state index contributed by atoms with van der Waals surface area (Å²) in [6.45, 7) is 0. The molecule has 0 radical (unpaired) electrons. The Morgan fingerprint density at radius 3 is 2.44 bits per heavy atom. The minimum absolute atomic E-state index is 0.0899. The molecular weight excluding hydrogens is 408 g/mol. The molecule has 0 bridgehead atoms. The maximum absolute atomic E-state index is 12.6. The fourth-order valence-electron chi connectivity index (χ4n) is 2.80. The molecule has 1 aliphatic carbocycles. The first-order valence-corrected chi connectivity index (χ1v) is 9.91. The van der Waals surface area contributed by atoms with Gasteiger partial charge in [0.1, 0.15) is 4.90 Å². The molecule has 2 aromatic carbocycles. The van der Waals surface area contributed by atoms with E-state index >= 15 is 0 Å². The molecule has 25 heavy (non-hydrogen) atoms. The van der Waals surface area contributed by atoms with Crippen molar-refractivity contribution in [3.05, 3.63) is 58.1 Å². The number of benzene rings is 2. The number of nitrogens with one attached hydrogen (secondary N) is 1. The van der Waals surface area contributed by atoms with Crippen LogP contribution < -0.4 is 5.32 Å². The van der Waals surface area contributed by atoms with Gasteiger partial charge in [-0.2, -0.15) is 0 Å². The van der Waals surface area contributed by atoms with Gasteiger partial charge in [-0.25, -0.2) is 12.7 Å². The van der Waals surface area contributed by atoms with Gasteiger partial charge in [0.15, 0.2) is 0 Å². The second-order valence-electron chi connectivity index (χ2n) is 6.01. The lowest BCUT2D eigenvalue weighted by molar-refractivity contribution is 0.0864. The van der Waals surface area contributed by atoms with Crippen LogP contribution in [0.15, 0.2) is 51.8 Å². The first kappa shape index (κ1) is 16.3. The highest BCUT2D eigenvalue weighted by Gasteiger charge is 2.48. The van der Waals surface area contributed by atoms with Gasteiger partial charge in [0.2, 0.25) is 0 Å². The van der Waals surface area contributed by atoms with Crippen LogP contribution in [-0.4, -0.2) is 30.6 Å². The van der Waals surface area contributed by atoms with Crippen molar-refractivity contribution in [1.29, 1.82) is 0 Å². The van der Waals surface area contributed by atoms with E-state index in [1.807, 2.05) is 0 Å². The van der Waals surface area contributed by atoms with Gasteiger partial charge in [-0.05, 0) is 55.3 Å². The van der Waals surface area contributed by atoms with Crippen molar-refractivity contribution in [2.45, 2.75) is 23.8 Å². The lowest BCUT2D eigenvalue weighted by Gasteiger charge is -2.13. The maximum Gasteiger partial charge on any atom is 0.269 e. The summed E-state index contributed by atoms with van der Waals surface area (Å²) in [6, 6.07) is 10.9. The summed E-state index contributed by atoms with van der Waals surface area (Å²) in [5.41, 5.74) is 0.912. The van der Waals surface area contributed by atoms with Gasteiger partial charge in [-0.3, -0.25) is 9.59 Å². The van der Waals surface area contributed by atoms with Crippen molar-refractivity contribution in [2.75, 3.05) is 5.32 Å². The van der Waals surface area contributed by atoms with Crippen LogP contribution in [0.3, 0.4) is 0 Å². The van der Waals surface area contributed by atoms with E-state index in [2.05, 4.69) is 21.2 Å².